The van der Waals surface area contributed by atoms with Gasteiger partial charge < -0.3 is 9.64 Å². The normalized spacial score (nSPS) is 18.8. The maximum absolute atomic E-state index is 11.2. The molecule has 0 amide bonds. The molecule has 2 aliphatic heterocycles. The second-order valence-electron chi connectivity index (χ2n) is 9.91. The average molecular weight is 484 g/mol. The summed E-state index contributed by atoms with van der Waals surface area (Å²) in [6.45, 7) is 25.8. The van der Waals surface area contributed by atoms with Gasteiger partial charge in [-0.2, -0.15) is 0 Å². The van der Waals surface area contributed by atoms with E-state index < -0.39 is 0 Å². The molecule has 0 radical (unpaired) electrons. The van der Waals surface area contributed by atoms with Gasteiger partial charge in [-0.25, -0.2) is 0 Å². The molecule has 2 fully saturated rings. The Morgan fingerprint density at radius 3 is 2.17 bits per heavy atom. The van der Waals surface area contributed by atoms with E-state index in [4.69, 9.17) is 4.74 Å². The summed E-state index contributed by atoms with van der Waals surface area (Å²) in [6.07, 6.45) is 6.25. The van der Waals surface area contributed by atoms with Crippen LogP contribution in [-0.4, -0.2) is 86.1 Å². The van der Waals surface area contributed by atoms with Crippen LogP contribution < -0.4 is 0 Å². The van der Waals surface area contributed by atoms with Crippen LogP contribution in [0, 0.1) is 6.92 Å². The van der Waals surface area contributed by atoms with E-state index >= 15 is 0 Å². The maximum atomic E-state index is 11.2. The van der Waals surface area contributed by atoms with E-state index in [0.29, 0.717) is 12.2 Å². The van der Waals surface area contributed by atoms with E-state index in [9.17, 15) is 4.79 Å². The van der Waals surface area contributed by atoms with E-state index in [0.717, 1.165) is 70.9 Å². The lowest BCUT2D eigenvalue weighted by Gasteiger charge is -2.37. The molecule has 1 aromatic rings. The number of allylic oxidation sites excluding steroid dienone is 2. The van der Waals surface area contributed by atoms with Gasteiger partial charge in [-0.3, -0.25) is 14.6 Å². The number of piperazine rings is 1. The van der Waals surface area contributed by atoms with Gasteiger partial charge in [0.2, 0.25) is 0 Å². The van der Waals surface area contributed by atoms with Gasteiger partial charge in [-0.15, -0.1) is 0 Å². The van der Waals surface area contributed by atoms with E-state index in [1.165, 1.54) is 41.9 Å². The minimum Gasteiger partial charge on any atom is -0.379 e. The molecule has 0 bridgehead atoms. The van der Waals surface area contributed by atoms with Crippen molar-refractivity contribution in [1.82, 2.24) is 14.7 Å². The van der Waals surface area contributed by atoms with Crippen LogP contribution in [0.15, 0.2) is 42.1 Å². The molecule has 1 aliphatic carbocycles. The van der Waals surface area contributed by atoms with E-state index in [1.54, 1.807) is 0 Å². The predicted octanol–water partition coefficient (Wildman–Crippen LogP) is 5.35. The second-order valence-corrected chi connectivity index (χ2v) is 9.91. The first-order valence-corrected chi connectivity index (χ1v) is 13.6. The van der Waals surface area contributed by atoms with Crippen LogP contribution in [0.2, 0.25) is 0 Å². The number of nitrogens with zero attached hydrogens (tertiary/aromatic N) is 3. The summed E-state index contributed by atoms with van der Waals surface area (Å²) in [6, 6.07) is 6.06. The van der Waals surface area contributed by atoms with Crippen LogP contribution in [0.3, 0.4) is 0 Å². The number of fused-ring (bicyclic) bond motifs is 1. The molecular weight excluding hydrogens is 434 g/mol. The minimum absolute atomic E-state index is 0.306. The van der Waals surface area contributed by atoms with Gasteiger partial charge in [0.25, 0.3) is 0 Å². The highest BCUT2D eigenvalue weighted by atomic mass is 16.5. The van der Waals surface area contributed by atoms with Crippen LogP contribution in [0.5, 0.6) is 0 Å². The predicted molar refractivity (Wildman–Crippen MR) is 148 cm³/mol. The molecule has 0 N–H and O–H groups in total. The second kappa shape index (κ2) is 15.9. The molecule has 35 heavy (non-hydrogen) atoms. The lowest BCUT2D eigenvalue weighted by atomic mass is 10.1. The SMILES string of the molecule is C=C(/C=C(/C)CC)N1CCN(CCN2CCOCC2)CC1.CCC.Cc1ccc2c(c1)CCC2=O. The number of hydrogen-bond donors (Lipinski definition) is 0. The zero-order valence-corrected chi connectivity index (χ0v) is 23.1. The van der Waals surface area contributed by atoms with Gasteiger partial charge >= 0.3 is 0 Å². The Morgan fingerprint density at radius 1 is 0.971 bits per heavy atom. The summed E-state index contributed by atoms with van der Waals surface area (Å²) in [5, 5.41) is 0. The Morgan fingerprint density at radius 2 is 1.57 bits per heavy atom. The Labute approximate surface area is 214 Å². The van der Waals surface area contributed by atoms with Crippen LogP contribution in [-0.2, 0) is 11.2 Å². The molecule has 2 saturated heterocycles. The van der Waals surface area contributed by atoms with Crippen LogP contribution in [0.4, 0.5) is 0 Å². The zero-order valence-electron chi connectivity index (χ0n) is 23.1. The summed E-state index contributed by atoms with van der Waals surface area (Å²) in [7, 11) is 0. The molecule has 0 unspecified atom stereocenters. The molecule has 0 aromatic heterocycles. The average Bonchev–Trinajstić information content (AvgIpc) is 3.24. The summed E-state index contributed by atoms with van der Waals surface area (Å²) in [5.41, 5.74) is 6.01. The number of rotatable bonds is 6. The molecule has 0 saturated carbocycles. The standard InChI is InChI=1S/C17H31N3O.C10H10O.C3H8/c1-4-16(2)15-17(3)20-9-7-18(8-10-20)5-6-19-11-13-21-14-12-19;1-7-2-4-9-8(6-7)3-5-10(9)11;1-3-2/h15H,3-14H2,1-2H3;2,4,6H,3,5H2,1H3;3H2,1-2H3/b16-15-;;. The molecule has 196 valence electrons. The number of hydrogen-bond acceptors (Lipinski definition) is 5. The van der Waals surface area contributed by atoms with Gasteiger partial charge in [-0.05, 0) is 38.3 Å². The Hall–Kier alpha value is -1.95. The zero-order chi connectivity index (χ0) is 25.6. The highest BCUT2D eigenvalue weighted by molar-refractivity contribution is 6.00. The quantitative estimate of drug-likeness (QED) is 0.510. The summed E-state index contributed by atoms with van der Waals surface area (Å²) in [5.74, 6) is 0.306. The monoisotopic (exact) mass is 483 g/mol. The van der Waals surface area contributed by atoms with Crippen molar-refractivity contribution in [3.8, 4) is 0 Å². The first-order valence-electron chi connectivity index (χ1n) is 13.6. The Bertz CT molecular complexity index is 819. The molecule has 5 nitrogen and oxygen atoms in total. The Balaban J connectivity index is 0.000000256. The van der Waals surface area contributed by atoms with E-state index in [-0.39, 0.29) is 0 Å². The van der Waals surface area contributed by atoms with Crippen LogP contribution in [0.25, 0.3) is 0 Å². The number of carbonyl (C=O) groups excluding carboxylic acids is 1. The van der Waals surface area contributed by atoms with Gasteiger partial charge in [0.15, 0.2) is 5.78 Å². The van der Waals surface area contributed by atoms with Crippen molar-refractivity contribution < 1.29 is 9.53 Å². The maximum Gasteiger partial charge on any atom is 0.163 e. The number of carbonyl (C=O) groups is 1. The van der Waals surface area contributed by atoms with Gasteiger partial charge in [0.05, 0.1) is 13.2 Å². The first-order chi connectivity index (χ1) is 16.9. The smallest absolute Gasteiger partial charge is 0.163 e. The van der Waals surface area contributed by atoms with Crippen molar-refractivity contribution in [2.45, 2.75) is 60.3 Å². The summed E-state index contributed by atoms with van der Waals surface area (Å²) < 4.78 is 5.40. The third kappa shape index (κ3) is 10.3. The lowest BCUT2D eigenvalue weighted by molar-refractivity contribution is 0.0310. The van der Waals surface area contributed by atoms with Crippen molar-refractivity contribution in [2.75, 3.05) is 65.6 Å². The van der Waals surface area contributed by atoms with E-state index in [2.05, 4.69) is 68.0 Å². The fraction of sp³-hybridized carbons (Fsp3) is 0.633. The number of ether oxygens (including phenoxy) is 1. The van der Waals surface area contributed by atoms with Crippen molar-refractivity contribution >= 4 is 5.78 Å². The number of ketones is 1. The topological polar surface area (TPSA) is 36.0 Å². The van der Waals surface area contributed by atoms with Crippen molar-refractivity contribution in [2.24, 2.45) is 0 Å². The molecular formula is C30H49N3O2. The highest BCUT2D eigenvalue weighted by Gasteiger charge is 2.19. The largest absolute Gasteiger partial charge is 0.379 e. The van der Waals surface area contributed by atoms with Crippen LogP contribution >= 0.6 is 0 Å². The fourth-order valence-electron chi connectivity index (χ4n) is 4.43. The number of aryl methyl sites for hydroxylation is 2. The molecule has 2 heterocycles. The number of Topliss-reactive ketones (excluding diaryl/α,β-unsaturated/α-hetero) is 1. The van der Waals surface area contributed by atoms with Crippen molar-refractivity contribution in [3.63, 3.8) is 0 Å². The van der Waals surface area contributed by atoms with Gasteiger partial charge in [-0.1, -0.05) is 63.1 Å². The molecule has 4 rings (SSSR count). The molecule has 3 aliphatic rings. The number of morpholine rings is 1. The Kier molecular flexibility index (Phi) is 13.3. The highest BCUT2D eigenvalue weighted by Crippen LogP contribution is 2.22. The summed E-state index contributed by atoms with van der Waals surface area (Å²) >= 11 is 0. The van der Waals surface area contributed by atoms with E-state index in [1.807, 2.05) is 12.1 Å². The van der Waals surface area contributed by atoms with Crippen LogP contribution in [0.1, 0.15) is 68.4 Å². The number of benzene rings is 1. The van der Waals surface area contributed by atoms with Crippen molar-refractivity contribution in [3.05, 3.63) is 58.8 Å². The van der Waals surface area contributed by atoms with Gasteiger partial charge in [0, 0.05) is 70.0 Å². The fourth-order valence-corrected chi connectivity index (χ4v) is 4.43. The minimum atomic E-state index is 0.306. The van der Waals surface area contributed by atoms with Gasteiger partial charge in [0.1, 0.15) is 0 Å². The molecule has 0 spiro atoms. The third-order valence-electron chi connectivity index (χ3n) is 6.77. The molecule has 5 heteroatoms. The molecule has 1 aromatic carbocycles. The van der Waals surface area contributed by atoms with Crippen molar-refractivity contribution in [1.29, 1.82) is 0 Å². The third-order valence-corrected chi connectivity index (χ3v) is 6.77. The summed E-state index contributed by atoms with van der Waals surface area (Å²) in [4.78, 5) is 18.7. The lowest BCUT2D eigenvalue weighted by Crippen LogP contribution is -2.48. The molecule has 0 atom stereocenters. The first kappa shape index (κ1) is 29.3.